The molecule has 0 aliphatic carbocycles. The Kier molecular flexibility index (Phi) is 6.80. The monoisotopic (exact) mass is 271 g/mol. The minimum atomic E-state index is 0.375. The van der Waals surface area contributed by atoms with Gasteiger partial charge in [-0.15, -0.1) is 0 Å². The van der Waals surface area contributed by atoms with Crippen molar-refractivity contribution < 1.29 is 4.74 Å². The molecule has 1 heterocycles. The summed E-state index contributed by atoms with van der Waals surface area (Å²) in [4.78, 5) is 10.5. The highest BCUT2D eigenvalue weighted by Crippen LogP contribution is 2.31. The van der Waals surface area contributed by atoms with Crippen molar-refractivity contribution in [3.8, 4) is 5.75 Å². The fraction of sp³-hybridized carbons (Fsp3) is 0.692. The van der Waals surface area contributed by atoms with Crippen LogP contribution in [-0.4, -0.2) is 30.2 Å². The van der Waals surface area contributed by atoms with Crippen molar-refractivity contribution in [1.82, 2.24) is 9.97 Å². The first-order valence-electron chi connectivity index (χ1n) is 6.54. The highest BCUT2D eigenvalue weighted by atomic mass is 35.5. The van der Waals surface area contributed by atoms with Gasteiger partial charge in [0.2, 0.25) is 0 Å². The summed E-state index contributed by atoms with van der Waals surface area (Å²) >= 11 is 6.04. The van der Waals surface area contributed by atoms with Crippen molar-refractivity contribution in [2.45, 2.75) is 39.5 Å². The fourth-order valence-electron chi connectivity index (χ4n) is 1.77. The molecule has 0 radical (unpaired) electrons. The number of anilines is 1. The van der Waals surface area contributed by atoms with Crippen molar-refractivity contribution in [1.29, 1.82) is 0 Å². The number of nitrogens with zero attached hydrogens (tertiary/aromatic N) is 3. The van der Waals surface area contributed by atoms with Crippen LogP contribution in [0.1, 0.15) is 39.5 Å². The number of hydrogen-bond donors (Lipinski definition) is 0. The average Bonchev–Trinajstić information content (AvgIpc) is 2.39. The summed E-state index contributed by atoms with van der Waals surface area (Å²) in [6.07, 6.45) is 6.07. The highest BCUT2D eigenvalue weighted by Gasteiger charge is 2.16. The minimum absolute atomic E-state index is 0.375. The maximum absolute atomic E-state index is 6.04. The molecule has 1 rings (SSSR count). The molecule has 0 spiro atoms. The van der Waals surface area contributed by atoms with Crippen LogP contribution in [0.5, 0.6) is 5.75 Å². The second kappa shape index (κ2) is 8.14. The third kappa shape index (κ3) is 4.02. The molecule has 1 aromatic rings. The second-order valence-corrected chi connectivity index (χ2v) is 4.57. The van der Waals surface area contributed by atoms with Crippen LogP contribution in [0.2, 0.25) is 5.15 Å². The summed E-state index contributed by atoms with van der Waals surface area (Å²) in [5.74, 6) is 1.38. The van der Waals surface area contributed by atoms with Gasteiger partial charge in [-0.3, -0.25) is 0 Å². The predicted molar refractivity (Wildman–Crippen MR) is 75.6 cm³/mol. The molecular weight excluding hydrogens is 250 g/mol. The molecule has 0 unspecified atom stereocenters. The summed E-state index contributed by atoms with van der Waals surface area (Å²) in [7, 11) is 1.60. The lowest BCUT2D eigenvalue weighted by Crippen LogP contribution is -2.27. The molecular formula is C13H22ClN3O. The molecule has 0 bridgehead atoms. The van der Waals surface area contributed by atoms with Crippen LogP contribution in [0.4, 0.5) is 5.82 Å². The van der Waals surface area contributed by atoms with Crippen molar-refractivity contribution in [3.63, 3.8) is 0 Å². The molecule has 0 atom stereocenters. The summed E-state index contributed by atoms with van der Waals surface area (Å²) < 4.78 is 5.32. The van der Waals surface area contributed by atoms with Crippen LogP contribution in [0.15, 0.2) is 6.33 Å². The van der Waals surface area contributed by atoms with Gasteiger partial charge in [-0.25, -0.2) is 9.97 Å². The fourth-order valence-corrected chi connectivity index (χ4v) is 1.97. The van der Waals surface area contributed by atoms with E-state index >= 15 is 0 Å². The lowest BCUT2D eigenvalue weighted by atomic mass is 10.2. The van der Waals surface area contributed by atoms with Crippen molar-refractivity contribution in [2.24, 2.45) is 0 Å². The number of unbranched alkanes of at least 4 members (excludes halogenated alkanes) is 2. The Morgan fingerprint density at radius 2 is 1.78 bits per heavy atom. The lowest BCUT2D eigenvalue weighted by Gasteiger charge is -2.25. The van der Waals surface area contributed by atoms with Gasteiger partial charge in [0.1, 0.15) is 6.33 Å². The average molecular weight is 272 g/mol. The second-order valence-electron chi connectivity index (χ2n) is 4.22. The van der Waals surface area contributed by atoms with Gasteiger partial charge in [-0.1, -0.05) is 38.3 Å². The van der Waals surface area contributed by atoms with Crippen LogP contribution >= 0.6 is 11.6 Å². The molecule has 4 nitrogen and oxygen atoms in total. The summed E-state index contributed by atoms with van der Waals surface area (Å²) in [5, 5.41) is 0.375. The number of methoxy groups -OCH3 is 1. The van der Waals surface area contributed by atoms with Gasteiger partial charge >= 0.3 is 0 Å². The zero-order valence-corrected chi connectivity index (χ0v) is 12.2. The summed E-state index contributed by atoms with van der Waals surface area (Å²) in [5.41, 5.74) is 0. The Bertz CT molecular complexity index is 352. The lowest BCUT2D eigenvalue weighted by molar-refractivity contribution is 0.410. The van der Waals surface area contributed by atoms with Gasteiger partial charge in [0.05, 0.1) is 7.11 Å². The normalized spacial score (nSPS) is 10.4. The third-order valence-electron chi connectivity index (χ3n) is 2.81. The molecule has 0 amide bonds. The van der Waals surface area contributed by atoms with Crippen LogP contribution < -0.4 is 9.64 Å². The molecule has 0 aromatic carbocycles. The molecule has 5 heteroatoms. The number of hydrogen-bond acceptors (Lipinski definition) is 4. The van der Waals surface area contributed by atoms with Crippen LogP contribution in [0, 0.1) is 0 Å². The molecule has 0 N–H and O–H groups in total. The Morgan fingerprint density at radius 3 is 2.28 bits per heavy atom. The van der Waals surface area contributed by atoms with E-state index in [9.17, 15) is 0 Å². The number of rotatable bonds is 8. The third-order valence-corrected chi connectivity index (χ3v) is 3.08. The van der Waals surface area contributed by atoms with E-state index in [4.69, 9.17) is 16.3 Å². The topological polar surface area (TPSA) is 38.2 Å². The number of aromatic nitrogens is 2. The van der Waals surface area contributed by atoms with E-state index in [1.165, 1.54) is 6.33 Å². The van der Waals surface area contributed by atoms with Gasteiger partial charge in [-0.2, -0.15) is 0 Å². The van der Waals surface area contributed by atoms with Gasteiger partial charge in [-0.05, 0) is 12.8 Å². The summed E-state index contributed by atoms with van der Waals surface area (Å²) in [6, 6.07) is 0. The first kappa shape index (κ1) is 15.0. The zero-order chi connectivity index (χ0) is 13.4. The molecule has 1 aromatic heterocycles. The standard InChI is InChI=1S/C13H22ClN3O/c1-4-6-8-17(9-7-5-2)13-11(18-3)12(14)15-10-16-13/h10H,4-9H2,1-3H3. The van der Waals surface area contributed by atoms with E-state index < -0.39 is 0 Å². The largest absolute Gasteiger partial charge is 0.490 e. The maximum atomic E-state index is 6.04. The van der Waals surface area contributed by atoms with E-state index in [1.807, 2.05) is 0 Å². The van der Waals surface area contributed by atoms with E-state index in [-0.39, 0.29) is 0 Å². The van der Waals surface area contributed by atoms with E-state index in [0.717, 1.165) is 44.6 Å². The van der Waals surface area contributed by atoms with Crippen LogP contribution in [0.3, 0.4) is 0 Å². The highest BCUT2D eigenvalue weighted by molar-refractivity contribution is 6.31. The predicted octanol–water partition coefficient (Wildman–Crippen LogP) is 3.55. The molecule has 102 valence electrons. The van der Waals surface area contributed by atoms with E-state index in [0.29, 0.717) is 10.9 Å². The number of halogens is 1. The van der Waals surface area contributed by atoms with Crippen molar-refractivity contribution >= 4 is 17.4 Å². The first-order chi connectivity index (χ1) is 8.74. The number of ether oxygens (including phenoxy) is 1. The van der Waals surface area contributed by atoms with Crippen LogP contribution in [0.25, 0.3) is 0 Å². The zero-order valence-electron chi connectivity index (χ0n) is 11.4. The van der Waals surface area contributed by atoms with Crippen molar-refractivity contribution in [3.05, 3.63) is 11.5 Å². The Hall–Kier alpha value is -1.03. The smallest absolute Gasteiger partial charge is 0.199 e. The van der Waals surface area contributed by atoms with E-state index in [2.05, 4.69) is 28.7 Å². The Balaban J connectivity index is 2.91. The quantitative estimate of drug-likeness (QED) is 0.678. The molecule has 0 aliphatic rings. The Labute approximate surface area is 114 Å². The Morgan fingerprint density at radius 1 is 1.17 bits per heavy atom. The van der Waals surface area contributed by atoms with Gasteiger partial charge in [0.15, 0.2) is 16.7 Å². The first-order valence-corrected chi connectivity index (χ1v) is 6.91. The minimum Gasteiger partial charge on any atom is -0.490 e. The van der Waals surface area contributed by atoms with Crippen molar-refractivity contribution in [2.75, 3.05) is 25.1 Å². The molecule has 0 aliphatic heterocycles. The SMILES string of the molecule is CCCCN(CCCC)c1ncnc(Cl)c1OC. The maximum Gasteiger partial charge on any atom is 0.199 e. The molecule has 0 saturated carbocycles. The molecule has 0 saturated heterocycles. The van der Waals surface area contributed by atoms with Gasteiger partial charge < -0.3 is 9.64 Å². The van der Waals surface area contributed by atoms with E-state index in [1.54, 1.807) is 7.11 Å². The molecule has 0 fully saturated rings. The summed E-state index contributed by atoms with van der Waals surface area (Å²) in [6.45, 7) is 6.31. The van der Waals surface area contributed by atoms with Gasteiger partial charge in [0.25, 0.3) is 0 Å². The van der Waals surface area contributed by atoms with Gasteiger partial charge in [0, 0.05) is 13.1 Å². The molecule has 18 heavy (non-hydrogen) atoms. The van der Waals surface area contributed by atoms with Crippen LogP contribution in [-0.2, 0) is 0 Å².